The van der Waals surface area contributed by atoms with Gasteiger partial charge in [-0.25, -0.2) is 14.8 Å². The molecule has 0 radical (unpaired) electrons. The number of hydrogen-bond acceptors (Lipinski definition) is 6. The Hall–Kier alpha value is -3.17. The minimum absolute atomic E-state index is 0.160. The average molecular weight is 467 g/mol. The minimum atomic E-state index is -0.160. The third kappa shape index (κ3) is 5.31. The summed E-state index contributed by atoms with van der Waals surface area (Å²) in [5, 5.41) is 2.89. The van der Waals surface area contributed by atoms with Gasteiger partial charge in [0.05, 0.1) is 25.3 Å². The maximum atomic E-state index is 12.3. The van der Waals surface area contributed by atoms with E-state index in [0.717, 1.165) is 53.9 Å². The zero-order valence-corrected chi connectivity index (χ0v) is 20.0. The Bertz CT molecular complexity index is 1120. The molecule has 0 unspecified atom stereocenters. The first-order chi connectivity index (χ1) is 16.6. The number of hydrogen-bond donors (Lipinski definition) is 2. The molecular formula is C25H34N6O3. The lowest BCUT2D eigenvalue weighted by molar-refractivity contribution is 0.128. The zero-order chi connectivity index (χ0) is 23.9. The zero-order valence-electron chi connectivity index (χ0n) is 20.0. The van der Waals surface area contributed by atoms with Crippen molar-refractivity contribution in [1.82, 2.24) is 19.9 Å². The monoisotopic (exact) mass is 466 g/mol. The number of anilines is 2. The molecule has 34 heavy (non-hydrogen) atoms. The number of imidazole rings is 1. The van der Waals surface area contributed by atoms with E-state index >= 15 is 0 Å². The Labute approximate surface area is 200 Å². The normalized spacial score (nSPS) is 13.1. The van der Waals surface area contributed by atoms with Gasteiger partial charge < -0.3 is 25.1 Å². The quantitative estimate of drug-likeness (QED) is 0.445. The average Bonchev–Trinajstić information content (AvgIpc) is 3.24. The van der Waals surface area contributed by atoms with Gasteiger partial charge in [-0.15, -0.1) is 0 Å². The third-order valence-corrected chi connectivity index (χ3v) is 6.23. The molecule has 0 fully saturated rings. The highest BCUT2D eigenvalue weighted by atomic mass is 16.5. The number of fused-ring (bicyclic) bond motifs is 3. The SMILES string of the molecule is COCCc1nc2c(N)nc3c(c2n1CCOCCNC(=O)N(C)c1ccccc1)CCCC3. The molecule has 9 nitrogen and oxygen atoms in total. The molecule has 2 aromatic heterocycles. The molecule has 0 bridgehead atoms. The van der Waals surface area contributed by atoms with Gasteiger partial charge in [-0.2, -0.15) is 0 Å². The predicted octanol–water partition coefficient (Wildman–Crippen LogP) is 2.94. The van der Waals surface area contributed by atoms with Gasteiger partial charge in [0.25, 0.3) is 0 Å². The molecule has 0 spiro atoms. The number of pyridine rings is 1. The number of nitrogens with zero attached hydrogens (tertiary/aromatic N) is 4. The Balaban J connectivity index is 1.37. The summed E-state index contributed by atoms with van der Waals surface area (Å²) in [6.45, 7) is 2.61. The van der Waals surface area contributed by atoms with Gasteiger partial charge >= 0.3 is 6.03 Å². The summed E-state index contributed by atoms with van der Waals surface area (Å²) in [5.74, 6) is 1.44. The highest BCUT2D eigenvalue weighted by molar-refractivity contribution is 5.91. The second kappa shape index (κ2) is 11.3. The fourth-order valence-electron chi connectivity index (χ4n) is 4.45. The van der Waals surface area contributed by atoms with Crippen LogP contribution in [0.5, 0.6) is 0 Å². The number of methoxy groups -OCH3 is 1. The number of aryl methyl sites for hydroxylation is 2. The molecule has 3 N–H and O–H groups in total. The number of amides is 2. The summed E-state index contributed by atoms with van der Waals surface area (Å²) in [7, 11) is 3.44. The van der Waals surface area contributed by atoms with E-state index in [1.165, 1.54) is 5.56 Å². The first kappa shape index (κ1) is 24.0. The molecule has 0 saturated heterocycles. The number of para-hydroxylation sites is 1. The van der Waals surface area contributed by atoms with Crippen molar-refractivity contribution in [3.63, 3.8) is 0 Å². The first-order valence-electron chi connectivity index (χ1n) is 11.9. The van der Waals surface area contributed by atoms with Crippen LogP contribution in [-0.4, -0.2) is 61.1 Å². The van der Waals surface area contributed by atoms with E-state index < -0.39 is 0 Å². The van der Waals surface area contributed by atoms with Crippen LogP contribution in [0.4, 0.5) is 16.3 Å². The molecule has 2 amide bonds. The van der Waals surface area contributed by atoms with Crippen LogP contribution in [0.3, 0.4) is 0 Å². The van der Waals surface area contributed by atoms with Crippen LogP contribution in [0.25, 0.3) is 11.0 Å². The predicted molar refractivity (Wildman–Crippen MR) is 133 cm³/mol. The van der Waals surface area contributed by atoms with Gasteiger partial charge in [0.1, 0.15) is 11.3 Å². The Morgan fingerprint density at radius 2 is 1.94 bits per heavy atom. The molecule has 3 aromatic rings. The fraction of sp³-hybridized carbons (Fsp3) is 0.480. The van der Waals surface area contributed by atoms with Crippen molar-refractivity contribution >= 4 is 28.6 Å². The van der Waals surface area contributed by atoms with Crippen molar-refractivity contribution in [2.45, 2.75) is 38.6 Å². The van der Waals surface area contributed by atoms with E-state index in [-0.39, 0.29) is 6.03 Å². The maximum Gasteiger partial charge on any atom is 0.321 e. The van der Waals surface area contributed by atoms with Gasteiger partial charge in [-0.3, -0.25) is 4.90 Å². The molecule has 9 heteroatoms. The smallest absolute Gasteiger partial charge is 0.321 e. The molecule has 4 rings (SSSR count). The third-order valence-electron chi connectivity index (χ3n) is 6.23. The van der Waals surface area contributed by atoms with Crippen molar-refractivity contribution in [3.8, 4) is 0 Å². The van der Waals surface area contributed by atoms with Crippen LogP contribution >= 0.6 is 0 Å². The highest BCUT2D eigenvalue weighted by Crippen LogP contribution is 2.31. The summed E-state index contributed by atoms with van der Waals surface area (Å²) >= 11 is 0. The summed E-state index contributed by atoms with van der Waals surface area (Å²) < 4.78 is 13.4. The molecule has 182 valence electrons. The molecule has 1 aliphatic rings. The van der Waals surface area contributed by atoms with E-state index in [1.54, 1.807) is 19.1 Å². The number of nitrogens with one attached hydrogen (secondary N) is 1. The number of carbonyl (C=O) groups excluding carboxylic acids is 1. The van der Waals surface area contributed by atoms with E-state index in [4.69, 9.17) is 20.2 Å². The van der Waals surface area contributed by atoms with Crippen LogP contribution < -0.4 is 16.0 Å². The lowest BCUT2D eigenvalue weighted by Gasteiger charge is -2.19. The maximum absolute atomic E-state index is 12.3. The van der Waals surface area contributed by atoms with Gasteiger partial charge in [0.15, 0.2) is 5.82 Å². The summed E-state index contributed by atoms with van der Waals surface area (Å²) in [4.78, 5) is 23.4. The number of rotatable bonds is 10. The molecule has 0 saturated carbocycles. The summed E-state index contributed by atoms with van der Waals surface area (Å²) in [6, 6.07) is 9.37. The molecule has 1 aromatic carbocycles. The first-order valence-corrected chi connectivity index (χ1v) is 11.9. The Kier molecular flexibility index (Phi) is 7.97. The number of carbonyl (C=O) groups is 1. The number of aromatic nitrogens is 3. The Morgan fingerprint density at radius 3 is 2.74 bits per heavy atom. The van der Waals surface area contributed by atoms with Gasteiger partial charge in [-0.1, -0.05) is 18.2 Å². The van der Waals surface area contributed by atoms with Crippen LogP contribution in [0, 0.1) is 0 Å². The topological polar surface area (TPSA) is 108 Å². The van der Waals surface area contributed by atoms with Crippen LogP contribution in [0.1, 0.15) is 29.9 Å². The lowest BCUT2D eigenvalue weighted by atomic mass is 9.95. The number of nitrogen functional groups attached to an aromatic ring is 1. The highest BCUT2D eigenvalue weighted by Gasteiger charge is 2.22. The molecule has 0 aliphatic heterocycles. The number of ether oxygens (including phenoxy) is 2. The van der Waals surface area contributed by atoms with Gasteiger partial charge in [-0.05, 0) is 43.4 Å². The molecule has 1 aliphatic carbocycles. The number of urea groups is 1. The van der Waals surface area contributed by atoms with Crippen molar-refractivity contribution in [2.24, 2.45) is 0 Å². The summed E-state index contributed by atoms with van der Waals surface area (Å²) in [6.07, 6.45) is 4.95. The number of benzene rings is 1. The van der Waals surface area contributed by atoms with Crippen molar-refractivity contribution in [3.05, 3.63) is 47.4 Å². The summed E-state index contributed by atoms with van der Waals surface area (Å²) in [5.41, 5.74) is 11.4. The van der Waals surface area contributed by atoms with E-state index in [0.29, 0.717) is 45.1 Å². The molecule has 2 heterocycles. The van der Waals surface area contributed by atoms with Gasteiger partial charge in [0.2, 0.25) is 0 Å². The van der Waals surface area contributed by atoms with Crippen molar-refractivity contribution in [2.75, 3.05) is 51.2 Å². The Morgan fingerprint density at radius 1 is 1.15 bits per heavy atom. The standard InChI is InChI=1S/C25H34N6O3/c1-30(18-8-4-3-5-9-18)25(32)27-13-16-34-17-14-31-21(12-15-33-2)29-22-23(31)19-10-6-7-11-20(19)28-24(22)26/h3-5,8-9H,6-7,10-17H2,1-2H3,(H2,26,28)(H,27,32). The van der Waals surface area contributed by atoms with E-state index in [9.17, 15) is 4.79 Å². The molecular weight excluding hydrogens is 432 g/mol. The second-order valence-electron chi connectivity index (χ2n) is 8.49. The minimum Gasteiger partial charge on any atom is -0.384 e. The van der Waals surface area contributed by atoms with E-state index in [2.05, 4.69) is 14.9 Å². The van der Waals surface area contributed by atoms with Gasteiger partial charge in [0, 0.05) is 45.0 Å². The van der Waals surface area contributed by atoms with Crippen molar-refractivity contribution < 1.29 is 14.3 Å². The van der Waals surface area contributed by atoms with Crippen LogP contribution in [0.2, 0.25) is 0 Å². The van der Waals surface area contributed by atoms with E-state index in [1.807, 2.05) is 30.3 Å². The number of nitrogens with two attached hydrogens (primary N) is 1. The fourth-order valence-corrected chi connectivity index (χ4v) is 4.45. The van der Waals surface area contributed by atoms with Crippen LogP contribution in [-0.2, 0) is 35.3 Å². The lowest BCUT2D eigenvalue weighted by Crippen LogP contribution is -2.38. The second-order valence-corrected chi connectivity index (χ2v) is 8.49. The largest absolute Gasteiger partial charge is 0.384 e. The van der Waals surface area contributed by atoms with Crippen molar-refractivity contribution in [1.29, 1.82) is 0 Å². The van der Waals surface area contributed by atoms with Crippen LogP contribution in [0.15, 0.2) is 30.3 Å². The molecule has 0 atom stereocenters.